The van der Waals surface area contributed by atoms with Gasteiger partial charge in [0, 0.05) is 37.3 Å². The molecule has 24 heavy (non-hydrogen) atoms. The Kier molecular flexibility index (Phi) is 5.36. The first kappa shape index (κ1) is 16.4. The first-order valence-corrected chi connectivity index (χ1v) is 8.32. The van der Waals surface area contributed by atoms with Crippen molar-refractivity contribution >= 4 is 11.6 Å². The number of ether oxygens (including phenoxy) is 2. The normalized spacial score (nSPS) is 14.3. The Morgan fingerprint density at radius 2 is 1.88 bits per heavy atom. The van der Waals surface area contributed by atoms with Crippen molar-refractivity contribution < 1.29 is 9.47 Å². The average Bonchev–Trinajstić information content (AvgIpc) is 2.67. The van der Waals surface area contributed by atoms with E-state index in [1.807, 2.05) is 24.3 Å². The molecule has 0 radical (unpaired) electrons. The minimum atomic E-state index is 0.629. The Hall–Kier alpha value is -2.50. The van der Waals surface area contributed by atoms with Crippen molar-refractivity contribution in [1.29, 1.82) is 0 Å². The molecule has 0 bridgehead atoms. The molecule has 0 atom stereocenters. The number of aromatic nitrogens is 2. The predicted octanol–water partition coefficient (Wildman–Crippen LogP) is 3.10. The Labute approximate surface area is 142 Å². The van der Waals surface area contributed by atoms with E-state index in [-0.39, 0.29) is 0 Å². The lowest BCUT2D eigenvalue weighted by atomic mass is 10.1. The van der Waals surface area contributed by atoms with Crippen molar-refractivity contribution in [2.75, 3.05) is 37.5 Å². The van der Waals surface area contributed by atoms with E-state index in [0.29, 0.717) is 6.54 Å². The molecule has 1 aliphatic rings. The Morgan fingerprint density at radius 3 is 2.62 bits per heavy atom. The smallest absolute Gasteiger partial charge is 0.134 e. The van der Waals surface area contributed by atoms with E-state index in [4.69, 9.17) is 9.47 Å². The van der Waals surface area contributed by atoms with Gasteiger partial charge in [0.15, 0.2) is 0 Å². The molecule has 1 N–H and O–H groups in total. The van der Waals surface area contributed by atoms with E-state index in [1.54, 1.807) is 20.5 Å². The highest BCUT2D eigenvalue weighted by Crippen LogP contribution is 2.25. The molecule has 2 aromatic rings. The van der Waals surface area contributed by atoms with Gasteiger partial charge in [-0.15, -0.1) is 0 Å². The maximum absolute atomic E-state index is 5.43. The number of nitrogens with one attached hydrogen (secondary N) is 1. The number of anilines is 2. The van der Waals surface area contributed by atoms with Crippen LogP contribution in [0.4, 0.5) is 11.6 Å². The maximum Gasteiger partial charge on any atom is 0.134 e. The summed E-state index contributed by atoms with van der Waals surface area (Å²) < 4.78 is 10.7. The van der Waals surface area contributed by atoms with Crippen LogP contribution in [0, 0.1) is 0 Å². The summed E-state index contributed by atoms with van der Waals surface area (Å²) in [6.45, 7) is 2.77. The molecule has 0 saturated carbocycles. The maximum atomic E-state index is 5.43. The van der Waals surface area contributed by atoms with Crippen molar-refractivity contribution in [1.82, 2.24) is 9.97 Å². The second-order valence-corrected chi connectivity index (χ2v) is 5.84. The van der Waals surface area contributed by atoms with E-state index < -0.39 is 0 Å². The van der Waals surface area contributed by atoms with Gasteiger partial charge in [-0.3, -0.25) is 0 Å². The number of rotatable bonds is 6. The number of methoxy groups -OCH3 is 2. The number of nitrogens with zero attached hydrogens (tertiary/aromatic N) is 3. The summed E-state index contributed by atoms with van der Waals surface area (Å²) in [4.78, 5) is 11.1. The second kappa shape index (κ2) is 7.86. The fourth-order valence-electron chi connectivity index (χ4n) is 2.92. The molecule has 1 aromatic carbocycles. The van der Waals surface area contributed by atoms with Gasteiger partial charge in [-0.1, -0.05) is 0 Å². The lowest BCUT2D eigenvalue weighted by Gasteiger charge is -2.27. The van der Waals surface area contributed by atoms with Gasteiger partial charge >= 0.3 is 0 Å². The van der Waals surface area contributed by atoms with Crippen molar-refractivity contribution in [3.63, 3.8) is 0 Å². The molecule has 128 valence electrons. The van der Waals surface area contributed by atoms with Crippen LogP contribution in [0.3, 0.4) is 0 Å². The summed E-state index contributed by atoms with van der Waals surface area (Å²) in [5, 5.41) is 3.35. The van der Waals surface area contributed by atoms with Gasteiger partial charge in [0.1, 0.15) is 29.5 Å². The van der Waals surface area contributed by atoms with Crippen LogP contribution in [-0.2, 0) is 6.54 Å². The lowest BCUT2D eigenvalue weighted by molar-refractivity contribution is 0.391. The molecule has 1 fully saturated rings. The highest BCUT2D eigenvalue weighted by molar-refractivity contribution is 5.50. The molecule has 0 amide bonds. The summed E-state index contributed by atoms with van der Waals surface area (Å²) in [6, 6.07) is 7.83. The zero-order valence-corrected chi connectivity index (χ0v) is 14.3. The fourth-order valence-corrected chi connectivity index (χ4v) is 2.92. The topological polar surface area (TPSA) is 59.5 Å². The zero-order valence-electron chi connectivity index (χ0n) is 14.3. The lowest BCUT2D eigenvalue weighted by Crippen LogP contribution is -2.30. The van der Waals surface area contributed by atoms with Gasteiger partial charge in [0.05, 0.1) is 14.2 Å². The molecular formula is C18H24N4O2. The van der Waals surface area contributed by atoms with E-state index in [9.17, 15) is 0 Å². The molecule has 0 unspecified atom stereocenters. The number of hydrogen-bond donors (Lipinski definition) is 1. The molecule has 1 saturated heterocycles. The first-order valence-electron chi connectivity index (χ1n) is 8.32. The van der Waals surface area contributed by atoms with Gasteiger partial charge < -0.3 is 19.7 Å². The third kappa shape index (κ3) is 3.88. The number of benzene rings is 1. The Morgan fingerprint density at radius 1 is 1.04 bits per heavy atom. The van der Waals surface area contributed by atoms with Gasteiger partial charge in [0.25, 0.3) is 0 Å². The third-order valence-electron chi connectivity index (χ3n) is 4.29. The van der Waals surface area contributed by atoms with E-state index in [2.05, 4.69) is 20.2 Å². The molecule has 0 spiro atoms. The minimum absolute atomic E-state index is 0.629. The van der Waals surface area contributed by atoms with Crippen LogP contribution in [0.2, 0.25) is 0 Å². The predicted molar refractivity (Wildman–Crippen MR) is 95.0 cm³/mol. The zero-order chi connectivity index (χ0) is 16.8. The molecule has 6 heteroatoms. The summed E-state index contributed by atoms with van der Waals surface area (Å²) in [7, 11) is 3.31. The monoisotopic (exact) mass is 328 g/mol. The Bertz CT molecular complexity index is 672. The molecule has 0 aliphatic carbocycles. The summed E-state index contributed by atoms with van der Waals surface area (Å²) >= 11 is 0. The van der Waals surface area contributed by atoms with Crippen molar-refractivity contribution in [2.45, 2.75) is 25.8 Å². The van der Waals surface area contributed by atoms with Crippen LogP contribution in [0.1, 0.15) is 24.8 Å². The third-order valence-corrected chi connectivity index (χ3v) is 4.29. The number of piperidine rings is 1. The van der Waals surface area contributed by atoms with Crippen LogP contribution in [-0.4, -0.2) is 37.3 Å². The fraction of sp³-hybridized carbons (Fsp3) is 0.444. The van der Waals surface area contributed by atoms with Crippen molar-refractivity contribution in [3.8, 4) is 11.5 Å². The summed E-state index contributed by atoms with van der Waals surface area (Å²) in [5.41, 5.74) is 1.05. The standard InChI is InChI=1S/C18H24N4O2/c1-23-15-7-6-14(16(10-15)24-2)12-19-17-11-18(21-13-20-17)22-8-4-3-5-9-22/h6-7,10-11,13H,3-5,8-9,12H2,1-2H3,(H,19,20,21). The molecular weight excluding hydrogens is 304 g/mol. The molecule has 1 aromatic heterocycles. The second-order valence-electron chi connectivity index (χ2n) is 5.84. The van der Waals surface area contributed by atoms with Gasteiger partial charge in [0.2, 0.25) is 0 Å². The summed E-state index contributed by atoms with van der Waals surface area (Å²) in [6.07, 6.45) is 5.40. The number of hydrogen-bond acceptors (Lipinski definition) is 6. The average molecular weight is 328 g/mol. The first-order chi connectivity index (χ1) is 11.8. The van der Waals surface area contributed by atoms with E-state index >= 15 is 0 Å². The van der Waals surface area contributed by atoms with Crippen LogP contribution >= 0.6 is 0 Å². The SMILES string of the molecule is COc1ccc(CNc2cc(N3CCCCC3)ncn2)c(OC)c1. The Balaban J connectivity index is 1.68. The van der Waals surface area contributed by atoms with E-state index in [1.165, 1.54) is 19.3 Å². The van der Waals surface area contributed by atoms with Crippen molar-refractivity contribution in [2.24, 2.45) is 0 Å². The largest absolute Gasteiger partial charge is 0.497 e. The quantitative estimate of drug-likeness (QED) is 0.879. The molecule has 3 rings (SSSR count). The van der Waals surface area contributed by atoms with Gasteiger partial charge in [-0.2, -0.15) is 0 Å². The van der Waals surface area contributed by atoms with Crippen molar-refractivity contribution in [3.05, 3.63) is 36.2 Å². The van der Waals surface area contributed by atoms with Crippen LogP contribution in [0.25, 0.3) is 0 Å². The molecule has 1 aliphatic heterocycles. The van der Waals surface area contributed by atoms with Crippen LogP contribution in [0.5, 0.6) is 11.5 Å². The highest BCUT2D eigenvalue weighted by atomic mass is 16.5. The van der Waals surface area contributed by atoms with Gasteiger partial charge in [-0.05, 0) is 31.4 Å². The van der Waals surface area contributed by atoms with E-state index in [0.717, 1.165) is 41.8 Å². The minimum Gasteiger partial charge on any atom is -0.497 e. The highest BCUT2D eigenvalue weighted by Gasteiger charge is 2.13. The summed E-state index contributed by atoms with van der Waals surface area (Å²) in [5.74, 6) is 3.40. The van der Waals surface area contributed by atoms with Crippen LogP contribution < -0.4 is 19.7 Å². The molecule has 6 nitrogen and oxygen atoms in total. The van der Waals surface area contributed by atoms with Gasteiger partial charge in [-0.25, -0.2) is 9.97 Å². The van der Waals surface area contributed by atoms with Crippen LogP contribution in [0.15, 0.2) is 30.6 Å². The molecule has 2 heterocycles.